The van der Waals surface area contributed by atoms with Gasteiger partial charge in [-0.15, -0.1) is 0 Å². The van der Waals surface area contributed by atoms with Crippen LogP contribution in [0.1, 0.15) is 11.1 Å². The largest absolute Gasteiger partial charge is 0.567 e. The van der Waals surface area contributed by atoms with Gasteiger partial charge in [0.25, 0.3) is 0 Å². The van der Waals surface area contributed by atoms with Crippen molar-refractivity contribution < 1.29 is 27.3 Å². The fourth-order valence-electron chi connectivity index (χ4n) is 1.60. The molecule has 5 nitrogen and oxygen atoms in total. The number of carbonyl (C=O) groups is 1. The number of hydrogen-bond donors (Lipinski definition) is 1. The van der Waals surface area contributed by atoms with Gasteiger partial charge in [-0.3, -0.25) is 0 Å². The lowest BCUT2D eigenvalue weighted by Gasteiger charge is -2.14. The van der Waals surface area contributed by atoms with Crippen molar-refractivity contribution in [3.05, 3.63) is 47.2 Å². The molecule has 9 heteroatoms. The van der Waals surface area contributed by atoms with Crippen LogP contribution >= 0.6 is 0 Å². The Balaban J connectivity index is 2.41. The molecular weight excluding hydrogens is 309 g/mol. The average molecular weight is 318 g/mol. The summed E-state index contributed by atoms with van der Waals surface area (Å²) in [5.41, 5.74) is -0.905. The molecule has 1 aromatic carbocycles. The fourth-order valence-corrected chi connectivity index (χ4v) is 2.31. The molecule has 0 saturated carbocycles. The van der Waals surface area contributed by atoms with E-state index in [4.69, 9.17) is 0 Å². The van der Waals surface area contributed by atoms with Crippen LogP contribution in [0.15, 0.2) is 40.4 Å². The Morgan fingerprint density at radius 3 is 2.76 bits per heavy atom. The number of halogens is 3. The Morgan fingerprint density at radius 1 is 1.43 bits per heavy atom. The van der Waals surface area contributed by atoms with Crippen molar-refractivity contribution in [1.82, 2.24) is 4.72 Å². The summed E-state index contributed by atoms with van der Waals surface area (Å²) in [7, 11) is 1.13. The number of benzene rings is 1. The number of nitrogens with zero attached hydrogens (tertiary/aromatic N) is 1. The minimum absolute atomic E-state index is 0.00131. The fraction of sp³-hybridized carbons (Fsp3) is 0.167. The molecule has 0 bridgehead atoms. The third kappa shape index (κ3) is 3.56. The maximum absolute atomic E-state index is 12.7. The molecule has 0 spiro atoms. The lowest BCUT2D eigenvalue weighted by Crippen LogP contribution is -2.31. The minimum atomic E-state index is -4.50. The van der Waals surface area contributed by atoms with E-state index in [9.17, 15) is 22.5 Å². The monoisotopic (exact) mass is 318 g/mol. The van der Waals surface area contributed by atoms with Gasteiger partial charge < -0.3 is 9.29 Å². The van der Waals surface area contributed by atoms with E-state index in [1.165, 1.54) is 18.2 Å². The molecule has 1 unspecified atom stereocenters. The first kappa shape index (κ1) is 15.4. The number of rotatable bonds is 2. The van der Waals surface area contributed by atoms with Gasteiger partial charge in [-0.05, 0) is 16.5 Å². The standard InChI is InChI=1S/C12H9F3N2O3S/c1-20-11(18)10-6-9(16-21(19)17-10)7-3-2-4-8(5-7)12(13,14)15/h2-6,17H,1H3. The molecule has 0 fully saturated rings. The lowest BCUT2D eigenvalue weighted by molar-refractivity contribution is -0.138. The van der Waals surface area contributed by atoms with Crippen LogP contribution in [-0.2, 0) is 27.3 Å². The van der Waals surface area contributed by atoms with E-state index in [1.54, 1.807) is 0 Å². The summed E-state index contributed by atoms with van der Waals surface area (Å²) in [6.07, 6.45) is -3.32. The molecule has 1 atom stereocenters. The van der Waals surface area contributed by atoms with Gasteiger partial charge in [0, 0.05) is 11.6 Å². The maximum atomic E-state index is 12.7. The summed E-state index contributed by atoms with van der Waals surface area (Å²) >= 11 is -1.96. The van der Waals surface area contributed by atoms with E-state index >= 15 is 0 Å². The topological polar surface area (TPSA) is 73.8 Å². The van der Waals surface area contributed by atoms with Crippen LogP contribution in [0.4, 0.5) is 13.2 Å². The first-order valence-electron chi connectivity index (χ1n) is 5.56. The second-order valence-corrected chi connectivity index (χ2v) is 4.84. The number of esters is 1. The number of ether oxygens (including phenoxy) is 1. The first-order valence-corrected chi connectivity index (χ1v) is 6.67. The molecule has 0 aliphatic carbocycles. The van der Waals surface area contributed by atoms with E-state index in [1.807, 2.05) is 0 Å². The van der Waals surface area contributed by atoms with Crippen LogP contribution in [0.25, 0.3) is 0 Å². The average Bonchev–Trinajstić information content (AvgIpc) is 2.45. The van der Waals surface area contributed by atoms with Crippen molar-refractivity contribution in [3.63, 3.8) is 0 Å². The normalized spacial score (nSPS) is 18.4. The second-order valence-electron chi connectivity index (χ2n) is 3.96. The molecule has 112 valence electrons. The van der Waals surface area contributed by atoms with Crippen LogP contribution in [0.3, 0.4) is 0 Å². The summed E-state index contributed by atoms with van der Waals surface area (Å²) in [5, 5.41) is 0. The highest BCUT2D eigenvalue weighted by Gasteiger charge is 2.31. The molecule has 1 N–H and O–H groups in total. The van der Waals surface area contributed by atoms with Crippen LogP contribution in [0.5, 0.6) is 0 Å². The van der Waals surface area contributed by atoms with Crippen molar-refractivity contribution >= 4 is 23.2 Å². The summed E-state index contributed by atoms with van der Waals surface area (Å²) in [6, 6.07) is 4.36. The zero-order valence-corrected chi connectivity index (χ0v) is 11.4. The molecular formula is C12H9F3N2O3S. The summed E-state index contributed by atoms with van der Waals surface area (Å²) < 4.78 is 59.9. The highest BCUT2D eigenvalue weighted by Crippen LogP contribution is 2.30. The van der Waals surface area contributed by atoms with E-state index in [-0.39, 0.29) is 17.0 Å². The third-order valence-corrected chi connectivity index (χ3v) is 3.31. The molecule has 0 radical (unpaired) electrons. The van der Waals surface area contributed by atoms with Crippen LogP contribution in [0.2, 0.25) is 0 Å². The predicted octanol–water partition coefficient (Wildman–Crippen LogP) is 1.73. The molecule has 0 saturated heterocycles. The van der Waals surface area contributed by atoms with Crippen molar-refractivity contribution in [2.24, 2.45) is 4.40 Å². The van der Waals surface area contributed by atoms with Crippen molar-refractivity contribution in [3.8, 4) is 0 Å². The molecule has 1 aromatic rings. The zero-order valence-electron chi connectivity index (χ0n) is 10.6. The van der Waals surface area contributed by atoms with Gasteiger partial charge in [0.1, 0.15) is 5.71 Å². The molecule has 21 heavy (non-hydrogen) atoms. The van der Waals surface area contributed by atoms with Gasteiger partial charge in [0.05, 0.1) is 12.7 Å². The second kappa shape index (κ2) is 5.78. The molecule has 2 rings (SSSR count). The van der Waals surface area contributed by atoms with Crippen LogP contribution in [-0.4, -0.2) is 23.3 Å². The smallest absolute Gasteiger partial charge is 0.416 e. The van der Waals surface area contributed by atoms with E-state index < -0.39 is 29.3 Å². The SMILES string of the molecule is COC(=O)C1=CC(c2cccc(C(F)(F)F)c2)=N[S+]([O-])N1. The van der Waals surface area contributed by atoms with E-state index in [2.05, 4.69) is 13.9 Å². The Kier molecular flexibility index (Phi) is 4.24. The number of carbonyl (C=O) groups excluding carboxylic acids is 1. The number of nitrogens with one attached hydrogen (secondary N) is 1. The summed E-state index contributed by atoms with van der Waals surface area (Å²) in [5.74, 6) is -0.789. The highest BCUT2D eigenvalue weighted by molar-refractivity contribution is 7.88. The maximum Gasteiger partial charge on any atom is 0.416 e. The molecule has 0 aromatic heterocycles. The number of hydrogen-bond acceptors (Lipinski definition) is 5. The predicted molar refractivity (Wildman–Crippen MR) is 69.4 cm³/mol. The van der Waals surface area contributed by atoms with Gasteiger partial charge in [-0.1, -0.05) is 12.1 Å². The van der Waals surface area contributed by atoms with Gasteiger partial charge in [0.15, 0.2) is 5.70 Å². The summed E-state index contributed by atoms with van der Waals surface area (Å²) in [4.78, 5) is 11.4. The minimum Gasteiger partial charge on any atom is -0.567 e. The van der Waals surface area contributed by atoms with Crippen molar-refractivity contribution in [1.29, 1.82) is 0 Å². The van der Waals surface area contributed by atoms with Gasteiger partial charge in [0.2, 0.25) is 11.5 Å². The van der Waals surface area contributed by atoms with Gasteiger partial charge >= 0.3 is 12.1 Å². The number of allylic oxidation sites excluding steroid dienone is 1. The van der Waals surface area contributed by atoms with Crippen molar-refractivity contribution in [2.45, 2.75) is 6.18 Å². The van der Waals surface area contributed by atoms with Crippen molar-refractivity contribution in [2.75, 3.05) is 7.11 Å². The number of alkyl halides is 3. The Bertz CT molecular complexity index is 628. The Labute approximate surface area is 121 Å². The third-order valence-electron chi connectivity index (χ3n) is 2.55. The lowest BCUT2D eigenvalue weighted by atomic mass is 10.1. The van der Waals surface area contributed by atoms with Crippen LogP contribution < -0.4 is 4.72 Å². The van der Waals surface area contributed by atoms with Gasteiger partial charge in [-0.25, -0.2) is 4.79 Å². The summed E-state index contributed by atoms with van der Waals surface area (Å²) in [6.45, 7) is 0. The molecule has 1 heterocycles. The molecule has 1 aliphatic rings. The Morgan fingerprint density at radius 2 is 2.14 bits per heavy atom. The zero-order chi connectivity index (χ0) is 15.6. The van der Waals surface area contributed by atoms with Gasteiger partial charge in [-0.2, -0.15) is 17.9 Å². The Hall–Kier alpha value is -2.00. The van der Waals surface area contributed by atoms with E-state index in [0.717, 1.165) is 19.2 Å². The first-order chi connectivity index (χ1) is 9.81. The highest BCUT2D eigenvalue weighted by atomic mass is 32.2. The van der Waals surface area contributed by atoms with E-state index in [0.29, 0.717) is 0 Å². The molecule has 0 amide bonds. The molecule has 1 aliphatic heterocycles. The number of methoxy groups -OCH3 is 1. The van der Waals surface area contributed by atoms with Crippen LogP contribution in [0, 0.1) is 0 Å². The quantitative estimate of drug-likeness (QED) is 0.666.